The molecule has 0 spiro atoms. The second-order valence-corrected chi connectivity index (χ2v) is 18.7. The molecule has 0 aliphatic rings. The summed E-state index contributed by atoms with van der Waals surface area (Å²) in [6.45, 7) is 31.2. The molecule has 2 aromatic rings. The van der Waals surface area contributed by atoms with Gasteiger partial charge in [-0.25, -0.2) is 0 Å². The van der Waals surface area contributed by atoms with Gasteiger partial charge in [-0.05, 0) is 0 Å². The molecule has 0 amide bonds. The van der Waals surface area contributed by atoms with Crippen LogP contribution in [-0.2, 0) is 26.2 Å². The van der Waals surface area contributed by atoms with E-state index in [0.29, 0.717) is 6.16 Å². The number of rotatable bonds is 10. The number of hydrogen-bond donors (Lipinski definition) is 2. The molecular formula is C37H63O3P. The Balaban J connectivity index is 2.87. The topological polar surface area (TPSA) is 49.7 Å². The van der Waals surface area contributed by atoms with Crippen molar-refractivity contribution in [3.05, 3.63) is 69.8 Å². The van der Waals surface area contributed by atoms with Crippen LogP contribution in [0.5, 0.6) is 0 Å². The summed E-state index contributed by atoms with van der Waals surface area (Å²) in [4.78, 5) is 23.2. The van der Waals surface area contributed by atoms with Crippen molar-refractivity contribution in [3.8, 4) is 0 Å². The predicted molar refractivity (Wildman–Crippen MR) is 182 cm³/mol. The molecule has 1 unspecified atom stereocenters. The number of benzene rings is 2. The molecule has 41 heavy (non-hydrogen) atoms. The Bertz CT molecular complexity index is 997. The van der Waals surface area contributed by atoms with Gasteiger partial charge in [-0.2, -0.15) is 0 Å². The van der Waals surface area contributed by atoms with Crippen molar-refractivity contribution in [1.29, 1.82) is 0 Å². The first-order valence-electron chi connectivity index (χ1n) is 15.9. The van der Waals surface area contributed by atoms with Gasteiger partial charge in [0.1, 0.15) is 0 Å². The second-order valence-electron chi connectivity index (χ2n) is 16.5. The Labute approximate surface area is 254 Å². The van der Waals surface area contributed by atoms with Gasteiger partial charge in [0.25, 0.3) is 0 Å². The van der Waals surface area contributed by atoms with Gasteiger partial charge < -0.3 is 0 Å². The SMILES string of the molecule is CCCCC(CC)C[PH](O)(O)OC(c1cc(C(C)(C)C)cc(C(C)(C)C)c1)c1cc(C(C)(C)C)cc(C(C)(C)C)c1. The molecule has 3 nitrogen and oxygen atoms in total. The van der Waals surface area contributed by atoms with Crippen LogP contribution in [0.2, 0.25) is 0 Å². The molecule has 0 saturated carbocycles. The second kappa shape index (κ2) is 13.2. The quantitative estimate of drug-likeness (QED) is 0.272. The molecule has 2 aromatic carbocycles. The molecule has 0 aromatic heterocycles. The molecule has 4 heteroatoms. The normalized spacial score (nSPS) is 15.0. The Hall–Kier alpha value is -1.25. The summed E-state index contributed by atoms with van der Waals surface area (Å²) >= 11 is 0. The van der Waals surface area contributed by atoms with Crippen LogP contribution in [0.15, 0.2) is 36.4 Å². The molecule has 0 radical (unpaired) electrons. The molecule has 0 aliphatic carbocycles. The van der Waals surface area contributed by atoms with Gasteiger partial charge in [-0.3, -0.25) is 0 Å². The van der Waals surface area contributed by atoms with Gasteiger partial charge in [0, 0.05) is 0 Å². The van der Waals surface area contributed by atoms with Crippen LogP contribution in [0.4, 0.5) is 0 Å². The molecule has 1 atom stereocenters. The summed E-state index contributed by atoms with van der Waals surface area (Å²) in [7, 11) is -4.02. The molecule has 234 valence electrons. The minimum absolute atomic E-state index is 0.0647. The molecular weight excluding hydrogens is 523 g/mol. The average molecular weight is 587 g/mol. The summed E-state index contributed by atoms with van der Waals surface area (Å²) in [5.74, 6) is 0.245. The zero-order chi connectivity index (χ0) is 31.6. The fourth-order valence-corrected chi connectivity index (χ4v) is 7.21. The van der Waals surface area contributed by atoms with Gasteiger partial charge in [-0.15, -0.1) is 0 Å². The first kappa shape index (κ1) is 35.9. The van der Waals surface area contributed by atoms with E-state index >= 15 is 0 Å². The average Bonchev–Trinajstić information content (AvgIpc) is 2.82. The van der Waals surface area contributed by atoms with Crippen molar-refractivity contribution in [2.45, 2.75) is 150 Å². The van der Waals surface area contributed by atoms with E-state index in [1.54, 1.807) is 0 Å². The Kier molecular flexibility index (Phi) is 11.5. The summed E-state index contributed by atoms with van der Waals surface area (Å²) in [6, 6.07) is 13.6. The van der Waals surface area contributed by atoms with E-state index in [0.717, 1.165) is 36.8 Å². The number of hydrogen-bond acceptors (Lipinski definition) is 3. The third kappa shape index (κ3) is 10.5. The maximum atomic E-state index is 11.6. The van der Waals surface area contributed by atoms with Gasteiger partial charge in [0.2, 0.25) is 0 Å². The number of unbranched alkanes of at least 4 members (excludes halogenated alkanes) is 1. The van der Waals surface area contributed by atoms with E-state index < -0.39 is 14.0 Å². The molecule has 2 rings (SSSR count). The maximum absolute atomic E-state index is 11.6. The van der Waals surface area contributed by atoms with Crippen LogP contribution in [0.3, 0.4) is 0 Å². The Morgan fingerprint density at radius 1 is 0.610 bits per heavy atom. The third-order valence-electron chi connectivity index (χ3n) is 8.38. The van der Waals surface area contributed by atoms with Crippen LogP contribution in [0.1, 0.15) is 162 Å². The zero-order valence-electron chi connectivity index (χ0n) is 29.0. The zero-order valence-corrected chi connectivity index (χ0v) is 30.0. The summed E-state index contributed by atoms with van der Waals surface area (Å²) in [6.07, 6.45) is 3.87. The van der Waals surface area contributed by atoms with Crippen LogP contribution in [0.25, 0.3) is 0 Å². The molecule has 2 N–H and O–H groups in total. The van der Waals surface area contributed by atoms with Crippen LogP contribution < -0.4 is 0 Å². The van der Waals surface area contributed by atoms with Crippen molar-refractivity contribution in [2.75, 3.05) is 6.16 Å². The van der Waals surface area contributed by atoms with Gasteiger partial charge in [0.15, 0.2) is 0 Å². The summed E-state index contributed by atoms with van der Waals surface area (Å²) < 4.78 is 6.64. The Morgan fingerprint density at radius 3 is 1.22 bits per heavy atom. The van der Waals surface area contributed by atoms with Crippen LogP contribution in [-0.4, -0.2) is 15.9 Å². The molecule has 0 aliphatic heterocycles. The van der Waals surface area contributed by atoms with Gasteiger partial charge in [-0.1, -0.05) is 0 Å². The Morgan fingerprint density at radius 2 is 0.951 bits per heavy atom. The van der Waals surface area contributed by atoms with Crippen molar-refractivity contribution >= 4 is 7.94 Å². The van der Waals surface area contributed by atoms with Gasteiger partial charge in [0.05, 0.1) is 0 Å². The van der Waals surface area contributed by atoms with Crippen LogP contribution >= 0.6 is 7.94 Å². The van der Waals surface area contributed by atoms with Crippen LogP contribution in [0, 0.1) is 5.92 Å². The van der Waals surface area contributed by atoms with Gasteiger partial charge >= 0.3 is 254 Å². The van der Waals surface area contributed by atoms with E-state index in [2.05, 4.69) is 133 Å². The molecule has 0 fully saturated rings. The van der Waals surface area contributed by atoms with E-state index in [1.165, 1.54) is 22.3 Å². The molecule has 0 heterocycles. The fraction of sp³-hybridized carbons (Fsp3) is 0.676. The molecule has 0 bridgehead atoms. The van der Waals surface area contributed by atoms with E-state index in [4.69, 9.17) is 4.52 Å². The standard InChI is InChI=1S/C37H63O3P/c1-15-17-18-26(16-2)25-41(38,39)40-33(27-19-29(34(3,4)5)23-30(20-27)35(6,7)8)28-21-31(36(9,10)11)24-32(22-28)37(12,13)14/h19-24,26,33,38-39,41H,15-18,25H2,1-14H3. The summed E-state index contributed by atoms with van der Waals surface area (Å²) in [5, 5.41) is 0. The van der Waals surface area contributed by atoms with Crippen molar-refractivity contribution < 1.29 is 14.3 Å². The monoisotopic (exact) mass is 586 g/mol. The first-order valence-corrected chi connectivity index (χ1v) is 17.9. The van der Waals surface area contributed by atoms with Crippen molar-refractivity contribution in [3.63, 3.8) is 0 Å². The van der Waals surface area contributed by atoms with E-state index in [9.17, 15) is 9.79 Å². The third-order valence-corrected chi connectivity index (χ3v) is 10.1. The van der Waals surface area contributed by atoms with E-state index in [1.807, 2.05) is 0 Å². The fourth-order valence-electron chi connectivity index (χ4n) is 5.22. The van der Waals surface area contributed by atoms with Crippen molar-refractivity contribution in [1.82, 2.24) is 0 Å². The van der Waals surface area contributed by atoms with E-state index in [-0.39, 0.29) is 27.6 Å². The first-order chi connectivity index (χ1) is 18.5. The van der Waals surface area contributed by atoms with Crippen molar-refractivity contribution in [2.24, 2.45) is 5.92 Å². The predicted octanol–water partition coefficient (Wildman–Crippen LogP) is 10.7. The molecule has 0 saturated heterocycles. The summed E-state index contributed by atoms with van der Waals surface area (Å²) in [5.41, 5.74) is 6.65. The minimum atomic E-state index is -4.02.